The highest BCUT2D eigenvalue weighted by atomic mass is 16.5. The van der Waals surface area contributed by atoms with Gasteiger partial charge in [0, 0.05) is 45.2 Å². The smallest absolute Gasteiger partial charge is 0.227 e. The van der Waals surface area contributed by atoms with Gasteiger partial charge in [-0.05, 0) is 42.7 Å². The third-order valence-electron chi connectivity index (χ3n) is 6.75. The van der Waals surface area contributed by atoms with Gasteiger partial charge in [-0.15, -0.1) is 15.3 Å². The molecule has 2 aliphatic heterocycles. The summed E-state index contributed by atoms with van der Waals surface area (Å²) in [4.78, 5) is 31.9. The molecular formula is C24H29N7O3. The van der Waals surface area contributed by atoms with Crippen LogP contribution in [0.1, 0.15) is 18.4 Å². The Morgan fingerprint density at radius 1 is 1.00 bits per heavy atom. The highest BCUT2D eigenvalue weighted by Crippen LogP contribution is 2.24. The van der Waals surface area contributed by atoms with E-state index in [4.69, 9.17) is 4.74 Å². The third-order valence-corrected chi connectivity index (χ3v) is 6.75. The summed E-state index contributed by atoms with van der Waals surface area (Å²) < 4.78 is 6.91. The number of methoxy groups -OCH3 is 1. The van der Waals surface area contributed by atoms with E-state index in [9.17, 15) is 9.59 Å². The molecule has 3 aromatic rings. The van der Waals surface area contributed by atoms with Crippen LogP contribution in [0.15, 0.2) is 42.7 Å². The zero-order valence-electron chi connectivity index (χ0n) is 19.3. The maximum absolute atomic E-state index is 13.1. The van der Waals surface area contributed by atoms with E-state index in [1.54, 1.807) is 18.0 Å². The van der Waals surface area contributed by atoms with Gasteiger partial charge in [0.2, 0.25) is 11.8 Å². The first-order valence-electron chi connectivity index (χ1n) is 11.7. The summed E-state index contributed by atoms with van der Waals surface area (Å²) in [6.45, 7) is 3.92. The van der Waals surface area contributed by atoms with Crippen LogP contribution in [0.25, 0.3) is 5.65 Å². The average Bonchev–Trinajstić information content (AvgIpc) is 3.36. The molecule has 4 heterocycles. The minimum atomic E-state index is 0.0222. The monoisotopic (exact) mass is 463 g/mol. The molecular weight excluding hydrogens is 434 g/mol. The number of piperidine rings is 1. The number of ether oxygens (including phenoxy) is 1. The molecule has 2 fully saturated rings. The third kappa shape index (κ3) is 4.66. The minimum absolute atomic E-state index is 0.0222. The van der Waals surface area contributed by atoms with E-state index in [0.29, 0.717) is 32.6 Å². The number of piperazine rings is 1. The maximum atomic E-state index is 13.1. The molecule has 0 bridgehead atoms. The summed E-state index contributed by atoms with van der Waals surface area (Å²) in [6, 6.07) is 11.5. The Bertz CT molecular complexity index is 1160. The summed E-state index contributed by atoms with van der Waals surface area (Å²) in [6.07, 6.45) is 3.54. The lowest BCUT2D eigenvalue weighted by molar-refractivity contribution is -0.142. The molecule has 0 atom stereocenters. The van der Waals surface area contributed by atoms with Crippen molar-refractivity contribution in [3.8, 4) is 5.75 Å². The van der Waals surface area contributed by atoms with Crippen LogP contribution in [0, 0.1) is 5.92 Å². The molecule has 0 radical (unpaired) electrons. The summed E-state index contributed by atoms with van der Waals surface area (Å²) in [5.41, 5.74) is 1.66. The summed E-state index contributed by atoms with van der Waals surface area (Å²) in [7, 11) is 1.62. The number of anilines is 1. The second kappa shape index (κ2) is 9.66. The molecule has 178 valence electrons. The molecule has 10 heteroatoms. The van der Waals surface area contributed by atoms with E-state index in [0.717, 1.165) is 48.7 Å². The van der Waals surface area contributed by atoms with Crippen molar-refractivity contribution >= 4 is 23.3 Å². The molecule has 0 N–H and O–H groups in total. The van der Waals surface area contributed by atoms with Gasteiger partial charge in [-0.3, -0.25) is 9.59 Å². The molecule has 2 saturated heterocycles. The van der Waals surface area contributed by atoms with Gasteiger partial charge in [0.25, 0.3) is 0 Å². The number of nitrogens with zero attached hydrogens (tertiary/aromatic N) is 7. The van der Waals surface area contributed by atoms with Gasteiger partial charge < -0.3 is 19.4 Å². The molecule has 1 aromatic carbocycles. The van der Waals surface area contributed by atoms with Crippen LogP contribution >= 0.6 is 0 Å². The fourth-order valence-corrected chi connectivity index (χ4v) is 4.75. The van der Waals surface area contributed by atoms with Crippen LogP contribution in [-0.2, 0) is 16.0 Å². The number of benzene rings is 1. The Labute approximate surface area is 198 Å². The number of hydrogen-bond acceptors (Lipinski definition) is 7. The quantitative estimate of drug-likeness (QED) is 0.562. The number of fused-ring (bicyclic) bond motifs is 1. The predicted molar refractivity (Wildman–Crippen MR) is 126 cm³/mol. The zero-order valence-corrected chi connectivity index (χ0v) is 19.3. The van der Waals surface area contributed by atoms with Gasteiger partial charge in [0.1, 0.15) is 17.9 Å². The Balaban J connectivity index is 1.10. The molecule has 0 aliphatic carbocycles. The second-order valence-corrected chi connectivity index (χ2v) is 8.82. The lowest BCUT2D eigenvalue weighted by Gasteiger charge is -2.38. The van der Waals surface area contributed by atoms with Crippen LogP contribution in [0.4, 0.5) is 5.82 Å². The molecule has 0 unspecified atom stereocenters. The van der Waals surface area contributed by atoms with E-state index in [1.807, 2.05) is 46.2 Å². The van der Waals surface area contributed by atoms with Crippen molar-refractivity contribution in [1.82, 2.24) is 29.6 Å². The predicted octanol–water partition coefficient (Wildman–Crippen LogP) is 1.26. The molecule has 5 rings (SSSR count). The van der Waals surface area contributed by atoms with Crippen molar-refractivity contribution in [1.29, 1.82) is 0 Å². The molecule has 2 amide bonds. The van der Waals surface area contributed by atoms with Crippen LogP contribution < -0.4 is 9.64 Å². The standard InChI is InChI=1S/C24H29N7O3/c1-34-20-4-2-3-18(15-20)16-23(32)29-11-13-30(14-12-29)24(33)19-7-9-28(10-8-19)22-6-5-21-26-25-17-31(21)27-22/h2-6,15,17,19H,7-14,16H2,1H3. The van der Waals surface area contributed by atoms with E-state index >= 15 is 0 Å². The van der Waals surface area contributed by atoms with Crippen molar-refractivity contribution in [3.05, 3.63) is 48.3 Å². The highest BCUT2D eigenvalue weighted by molar-refractivity contribution is 5.81. The number of rotatable bonds is 5. The van der Waals surface area contributed by atoms with Crippen molar-refractivity contribution in [3.63, 3.8) is 0 Å². The Morgan fingerprint density at radius 2 is 1.76 bits per heavy atom. The Hall–Kier alpha value is -3.69. The lowest BCUT2D eigenvalue weighted by atomic mass is 9.95. The van der Waals surface area contributed by atoms with Crippen LogP contribution in [0.3, 0.4) is 0 Å². The number of carbonyl (C=O) groups excluding carboxylic acids is 2. The number of aromatic nitrogens is 4. The SMILES string of the molecule is COc1cccc(CC(=O)N2CCN(C(=O)C3CCN(c4ccc5nncn5n4)CC3)CC2)c1. The number of carbonyl (C=O) groups is 2. The summed E-state index contributed by atoms with van der Waals surface area (Å²) in [5.74, 6) is 1.95. The average molecular weight is 464 g/mol. The topological polar surface area (TPSA) is 96.2 Å². The molecule has 2 aromatic heterocycles. The Kier molecular flexibility index (Phi) is 6.29. The maximum Gasteiger partial charge on any atom is 0.227 e. The van der Waals surface area contributed by atoms with Crippen molar-refractivity contribution in [2.45, 2.75) is 19.3 Å². The molecule has 0 spiro atoms. The fraction of sp³-hybridized carbons (Fsp3) is 0.458. The van der Waals surface area contributed by atoms with Crippen LogP contribution in [0.2, 0.25) is 0 Å². The van der Waals surface area contributed by atoms with E-state index in [1.165, 1.54) is 0 Å². The first-order valence-corrected chi connectivity index (χ1v) is 11.7. The molecule has 34 heavy (non-hydrogen) atoms. The second-order valence-electron chi connectivity index (χ2n) is 8.82. The van der Waals surface area contributed by atoms with Gasteiger partial charge in [0.05, 0.1) is 13.5 Å². The van der Waals surface area contributed by atoms with Crippen molar-refractivity contribution < 1.29 is 14.3 Å². The lowest BCUT2D eigenvalue weighted by Crippen LogP contribution is -2.53. The largest absolute Gasteiger partial charge is 0.497 e. The van der Waals surface area contributed by atoms with Gasteiger partial charge in [-0.1, -0.05) is 12.1 Å². The van der Waals surface area contributed by atoms with E-state index in [-0.39, 0.29) is 17.7 Å². The summed E-state index contributed by atoms with van der Waals surface area (Å²) in [5, 5.41) is 12.4. The van der Waals surface area contributed by atoms with Gasteiger partial charge in [0.15, 0.2) is 5.65 Å². The molecule has 2 aliphatic rings. The van der Waals surface area contributed by atoms with Gasteiger partial charge in [-0.25, -0.2) is 0 Å². The fourth-order valence-electron chi connectivity index (χ4n) is 4.75. The number of hydrogen-bond donors (Lipinski definition) is 0. The van der Waals surface area contributed by atoms with E-state index in [2.05, 4.69) is 20.2 Å². The zero-order chi connectivity index (χ0) is 23.5. The summed E-state index contributed by atoms with van der Waals surface area (Å²) >= 11 is 0. The first kappa shape index (κ1) is 22.1. The Morgan fingerprint density at radius 3 is 2.53 bits per heavy atom. The normalized spacial score (nSPS) is 17.3. The minimum Gasteiger partial charge on any atom is -0.497 e. The molecule has 0 saturated carbocycles. The van der Waals surface area contributed by atoms with Crippen molar-refractivity contribution in [2.75, 3.05) is 51.3 Å². The van der Waals surface area contributed by atoms with Crippen LogP contribution in [-0.4, -0.2) is 87.8 Å². The van der Waals surface area contributed by atoms with Crippen molar-refractivity contribution in [2.24, 2.45) is 5.92 Å². The highest BCUT2D eigenvalue weighted by Gasteiger charge is 2.31. The number of amides is 2. The van der Waals surface area contributed by atoms with Crippen LogP contribution in [0.5, 0.6) is 5.75 Å². The van der Waals surface area contributed by atoms with Gasteiger partial charge >= 0.3 is 0 Å². The van der Waals surface area contributed by atoms with E-state index < -0.39 is 0 Å². The molecule has 10 nitrogen and oxygen atoms in total. The first-order chi connectivity index (χ1) is 16.6. The van der Waals surface area contributed by atoms with Gasteiger partial charge in [-0.2, -0.15) is 4.52 Å².